The maximum absolute atomic E-state index is 5.79. The molecule has 0 atom stereocenters. The molecule has 4 N–H and O–H groups in total. The molecule has 25 heavy (non-hydrogen) atoms. The molecule has 0 aliphatic rings. The van der Waals surface area contributed by atoms with Crippen LogP contribution in [0.4, 0.5) is 23.4 Å². The van der Waals surface area contributed by atoms with Crippen LogP contribution in [0.15, 0.2) is 54.7 Å². The molecule has 128 valence electrons. The molecule has 2 aromatic heterocycles. The zero-order valence-corrected chi connectivity index (χ0v) is 13.9. The first-order valence-electron chi connectivity index (χ1n) is 7.92. The van der Waals surface area contributed by atoms with Crippen molar-refractivity contribution in [2.75, 3.05) is 30.0 Å². The van der Waals surface area contributed by atoms with Crippen molar-refractivity contribution in [3.05, 3.63) is 60.3 Å². The van der Waals surface area contributed by atoms with Gasteiger partial charge >= 0.3 is 0 Å². The highest BCUT2D eigenvalue weighted by molar-refractivity contribution is 5.57. The van der Waals surface area contributed by atoms with Crippen molar-refractivity contribution >= 4 is 23.4 Å². The van der Waals surface area contributed by atoms with Crippen molar-refractivity contribution < 1.29 is 4.74 Å². The number of nitrogens with one attached hydrogen (secondary N) is 2. The Morgan fingerprint density at radius 3 is 2.52 bits per heavy atom. The second kappa shape index (κ2) is 7.96. The van der Waals surface area contributed by atoms with Gasteiger partial charge in [-0.2, -0.15) is 9.97 Å². The van der Waals surface area contributed by atoms with Crippen LogP contribution in [-0.2, 0) is 6.42 Å². The molecule has 2 heterocycles. The Bertz CT molecular complexity index is 808. The number of benzene rings is 1. The number of nitrogens with zero attached hydrogens (tertiary/aromatic N) is 3. The van der Waals surface area contributed by atoms with E-state index < -0.39 is 0 Å². The quantitative estimate of drug-likeness (QED) is 0.610. The Balaban J connectivity index is 1.60. The largest absolute Gasteiger partial charge is 0.497 e. The van der Waals surface area contributed by atoms with E-state index in [0.29, 0.717) is 17.5 Å². The van der Waals surface area contributed by atoms with Gasteiger partial charge in [-0.3, -0.25) is 0 Å². The first-order valence-corrected chi connectivity index (χ1v) is 7.92. The molecule has 0 aliphatic heterocycles. The minimum absolute atomic E-state index is 0.202. The van der Waals surface area contributed by atoms with E-state index in [0.717, 1.165) is 18.7 Å². The highest BCUT2D eigenvalue weighted by atomic mass is 16.5. The molecule has 0 radical (unpaired) electrons. The number of nitrogens with two attached hydrogens (primary N) is 1. The van der Waals surface area contributed by atoms with Gasteiger partial charge in [0.25, 0.3) is 0 Å². The van der Waals surface area contributed by atoms with Crippen molar-refractivity contribution in [3.8, 4) is 5.75 Å². The summed E-state index contributed by atoms with van der Waals surface area (Å²) in [4.78, 5) is 12.6. The number of ether oxygens (including phenoxy) is 1. The number of hydrogen-bond donors (Lipinski definition) is 3. The monoisotopic (exact) mass is 336 g/mol. The van der Waals surface area contributed by atoms with E-state index in [-0.39, 0.29) is 5.95 Å². The summed E-state index contributed by atoms with van der Waals surface area (Å²) in [7, 11) is 1.66. The van der Waals surface area contributed by atoms with E-state index in [1.807, 2.05) is 42.5 Å². The van der Waals surface area contributed by atoms with Gasteiger partial charge in [-0.15, -0.1) is 0 Å². The second-order valence-electron chi connectivity index (χ2n) is 5.36. The fraction of sp³-hybridized carbons (Fsp3) is 0.167. The van der Waals surface area contributed by atoms with Gasteiger partial charge in [0.05, 0.1) is 7.11 Å². The highest BCUT2D eigenvalue weighted by Crippen LogP contribution is 2.17. The Kier molecular flexibility index (Phi) is 5.26. The molecular formula is C18H20N6O. The molecule has 0 amide bonds. The van der Waals surface area contributed by atoms with Gasteiger partial charge in [0.2, 0.25) is 5.95 Å². The third-order valence-corrected chi connectivity index (χ3v) is 3.54. The predicted molar refractivity (Wildman–Crippen MR) is 99.2 cm³/mol. The number of pyridine rings is 1. The maximum Gasteiger partial charge on any atom is 0.223 e. The summed E-state index contributed by atoms with van der Waals surface area (Å²) in [5.41, 5.74) is 7.00. The molecule has 0 fully saturated rings. The van der Waals surface area contributed by atoms with Crippen LogP contribution in [0.2, 0.25) is 0 Å². The lowest BCUT2D eigenvalue weighted by Crippen LogP contribution is -2.09. The molecule has 0 saturated carbocycles. The number of methoxy groups -OCH3 is 1. The van der Waals surface area contributed by atoms with E-state index in [4.69, 9.17) is 10.5 Å². The first-order chi connectivity index (χ1) is 12.2. The van der Waals surface area contributed by atoms with Crippen molar-refractivity contribution in [2.45, 2.75) is 6.42 Å². The smallest absolute Gasteiger partial charge is 0.223 e. The third kappa shape index (κ3) is 4.81. The van der Waals surface area contributed by atoms with Crippen LogP contribution in [0.3, 0.4) is 0 Å². The third-order valence-electron chi connectivity index (χ3n) is 3.54. The SMILES string of the molecule is COc1ccc(CCNc2cc(Nc3ccccn3)nc(N)n2)cc1. The molecule has 7 nitrogen and oxygen atoms in total. The normalized spacial score (nSPS) is 10.3. The number of rotatable bonds is 7. The summed E-state index contributed by atoms with van der Waals surface area (Å²) < 4.78 is 5.16. The summed E-state index contributed by atoms with van der Waals surface area (Å²) in [6, 6.07) is 15.4. The van der Waals surface area contributed by atoms with E-state index >= 15 is 0 Å². The molecule has 0 spiro atoms. The summed E-state index contributed by atoms with van der Waals surface area (Å²) >= 11 is 0. The minimum Gasteiger partial charge on any atom is -0.497 e. The van der Waals surface area contributed by atoms with Crippen LogP contribution >= 0.6 is 0 Å². The van der Waals surface area contributed by atoms with E-state index in [2.05, 4.69) is 25.6 Å². The zero-order valence-electron chi connectivity index (χ0n) is 13.9. The van der Waals surface area contributed by atoms with Crippen molar-refractivity contribution in [3.63, 3.8) is 0 Å². The van der Waals surface area contributed by atoms with E-state index in [1.165, 1.54) is 5.56 Å². The molecule has 0 aliphatic carbocycles. The predicted octanol–water partition coefficient (Wildman–Crippen LogP) is 2.86. The van der Waals surface area contributed by atoms with Crippen LogP contribution in [-0.4, -0.2) is 28.6 Å². The molecule has 7 heteroatoms. The molecule has 0 unspecified atom stereocenters. The van der Waals surface area contributed by atoms with Gasteiger partial charge < -0.3 is 21.1 Å². The van der Waals surface area contributed by atoms with Gasteiger partial charge in [0, 0.05) is 18.8 Å². The second-order valence-corrected chi connectivity index (χ2v) is 5.36. The van der Waals surface area contributed by atoms with Crippen molar-refractivity contribution in [1.29, 1.82) is 0 Å². The summed E-state index contributed by atoms with van der Waals surface area (Å²) in [6.45, 7) is 0.728. The summed E-state index contributed by atoms with van der Waals surface area (Å²) in [5.74, 6) is 3.01. The Hall–Kier alpha value is -3.35. The van der Waals surface area contributed by atoms with E-state index in [1.54, 1.807) is 19.4 Å². The zero-order chi connectivity index (χ0) is 17.5. The number of hydrogen-bond acceptors (Lipinski definition) is 7. The van der Waals surface area contributed by atoms with Gasteiger partial charge in [-0.25, -0.2) is 4.98 Å². The number of anilines is 4. The van der Waals surface area contributed by atoms with Crippen molar-refractivity contribution in [2.24, 2.45) is 0 Å². The average molecular weight is 336 g/mol. The number of nitrogen functional groups attached to an aromatic ring is 1. The van der Waals surface area contributed by atoms with Gasteiger partial charge in [0.1, 0.15) is 23.2 Å². The maximum atomic E-state index is 5.79. The Labute approximate surface area is 146 Å². The average Bonchev–Trinajstić information content (AvgIpc) is 2.63. The summed E-state index contributed by atoms with van der Waals surface area (Å²) in [5, 5.41) is 6.38. The molecule has 3 aromatic rings. The van der Waals surface area contributed by atoms with Gasteiger partial charge in [0.15, 0.2) is 0 Å². The molecular weight excluding hydrogens is 316 g/mol. The van der Waals surface area contributed by atoms with Crippen LogP contribution in [0.1, 0.15) is 5.56 Å². The van der Waals surface area contributed by atoms with E-state index in [9.17, 15) is 0 Å². The van der Waals surface area contributed by atoms with Crippen LogP contribution < -0.4 is 21.1 Å². The fourth-order valence-corrected chi connectivity index (χ4v) is 2.32. The molecule has 1 aromatic carbocycles. The first kappa shape index (κ1) is 16.5. The molecule has 0 bridgehead atoms. The molecule has 3 rings (SSSR count). The van der Waals surface area contributed by atoms with Gasteiger partial charge in [-0.1, -0.05) is 18.2 Å². The topological polar surface area (TPSA) is 98.0 Å². The fourth-order valence-electron chi connectivity index (χ4n) is 2.32. The van der Waals surface area contributed by atoms with Crippen LogP contribution in [0, 0.1) is 0 Å². The Morgan fingerprint density at radius 1 is 1.00 bits per heavy atom. The van der Waals surface area contributed by atoms with Crippen molar-refractivity contribution in [1.82, 2.24) is 15.0 Å². The lowest BCUT2D eigenvalue weighted by molar-refractivity contribution is 0.414. The highest BCUT2D eigenvalue weighted by Gasteiger charge is 2.04. The van der Waals surface area contributed by atoms with Crippen LogP contribution in [0.5, 0.6) is 5.75 Å². The minimum atomic E-state index is 0.202. The Morgan fingerprint density at radius 2 is 1.80 bits per heavy atom. The molecule has 0 saturated heterocycles. The standard InChI is InChI=1S/C18H20N6O/c1-25-14-7-5-13(6-8-14)9-11-21-16-12-17(24-18(19)23-16)22-15-4-2-3-10-20-15/h2-8,10,12H,9,11H2,1H3,(H4,19,20,21,22,23,24). The lowest BCUT2D eigenvalue weighted by Gasteiger charge is -2.10. The lowest BCUT2D eigenvalue weighted by atomic mass is 10.1. The van der Waals surface area contributed by atoms with Gasteiger partial charge in [-0.05, 0) is 36.2 Å². The van der Waals surface area contributed by atoms with Crippen LogP contribution in [0.25, 0.3) is 0 Å². The number of aromatic nitrogens is 3. The summed E-state index contributed by atoms with van der Waals surface area (Å²) in [6.07, 6.45) is 2.57.